The summed E-state index contributed by atoms with van der Waals surface area (Å²) < 4.78 is 12.0. The molecule has 0 heterocycles. The van der Waals surface area contributed by atoms with E-state index in [1.165, 1.54) is 38.5 Å². The van der Waals surface area contributed by atoms with E-state index in [1.807, 2.05) is 0 Å². The minimum absolute atomic E-state index is 0.495. The Kier molecular flexibility index (Phi) is 4.21. The number of rotatable bonds is 5. The van der Waals surface area contributed by atoms with Crippen molar-refractivity contribution < 1.29 is 4.21 Å². The molecular formula is C12H23NOS. The second kappa shape index (κ2) is 5.44. The van der Waals surface area contributed by atoms with Crippen molar-refractivity contribution in [3.8, 4) is 0 Å². The largest absolute Gasteiger partial charge is 0.313 e. The Morgan fingerprint density at radius 2 is 2.07 bits per heavy atom. The Bertz CT molecular complexity index is 228. The van der Waals surface area contributed by atoms with Gasteiger partial charge in [0.25, 0.3) is 0 Å². The van der Waals surface area contributed by atoms with Crippen molar-refractivity contribution in [2.75, 3.05) is 12.3 Å². The first-order valence-corrected chi connectivity index (χ1v) is 7.74. The molecule has 2 rings (SSSR count). The smallest absolute Gasteiger partial charge is 0.0362 e. The van der Waals surface area contributed by atoms with Crippen LogP contribution < -0.4 is 5.32 Å². The Hall–Kier alpha value is 0.110. The standard InChI is InChI=1S/C12H23NOS/c1-10-3-2-4-12(9-10)15(14)8-7-13-11-5-6-11/h10-13H,2-9H2,1H3. The van der Waals surface area contributed by atoms with Gasteiger partial charge >= 0.3 is 0 Å². The highest BCUT2D eigenvalue weighted by Crippen LogP contribution is 2.27. The lowest BCUT2D eigenvalue weighted by Gasteiger charge is -2.26. The highest BCUT2D eigenvalue weighted by atomic mass is 32.2. The van der Waals surface area contributed by atoms with Gasteiger partial charge in [-0.05, 0) is 31.6 Å². The normalized spacial score (nSPS) is 33.9. The minimum Gasteiger partial charge on any atom is -0.313 e. The molecule has 2 saturated carbocycles. The third-order valence-corrected chi connectivity index (χ3v) is 5.35. The van der Waals surface area contributed by atoms with Crippen molar-refractivity contribution in [2.24, 2.45) is 5.92 Å². The Morgan fingerprint density at radius 1 is 1.27 bits per heavy atom. The lowest BCUT2D eigenvalue weighted by molar-refractivity contribution is 0.389. The van der Waals surface area contributed by atoms with Crippen molar-refractivity contribution >= 4 is 10.8 Å². The van der Waals surface area contributed by atoms with Crippen molar-refractivity contribution in [1.29, 1.82) is 0 Å². The molecular weight excluding hydrogens is 206 g/mol. The molecule has 0 spiro atoms. The number of hydrogen-bond acceptors (Lipinski definition) is 2. The van der Waals surface area contributed by atoms with Gasteiger partial charge in [0, 0.05) is 34.4 Å². The highest BCUT2D eigenvalue weighted by molar-refractivity contribution is 7.85. The summed E-state index contributed by atoms with van der Waals surface area (Å²) in [5, 5.41) is 3.94. The molecule has 2 aliphatic rings. The van der Waals surface area contributed by atoms with E-state index in [-0.39, 0.29) is 0 Å². The quantitative estimate of drug-likeness (QED) is 0.782. The molecule has 0 saturated heterocycles. The molecule has 1 N–H and O–H groups in total. The Labute approximate surface area is 95.7 Å². The monoisotopic (exact) mass is 229 g/mol. The van der Waals surface area contributed by atoms with Crippen LogP contribution in [0.3, 0.4) is 0 Å². The summed E-state index contributed by atoms with van der Waals surface area (Å²) in [6, 6.07) is 0.757. The Balaban J connectivity index is 1.64. The summed E-state index contributed by atoms with van der Waals surface area (Å²) in [6.07, 6.45) is 7.66. The lowest BCUT2D eigenvalue weighted by atomic mass is 9.91. The molecule has 2 nitrogen and oxygen atoms in total. The van der Waals surface area contributed by atoms with E-state index in [9.17, 15) is 4.21 Å². The molecule has 3 unspecified atom stereocenters. The van der Waals surface area contributed by atoms with Crippen LogP contribution in [0.25, 0.3) is 0 Å². The summed E-state index contributed by atoms with van der Waals surface area (Å²) in [5.74, 6) is 1.66. The van der Waals surface area contributed by atoms with Crippen LogP contribution in [0.15, 0.2) is 0 Å². The maximum Gasteiger partial charge on any atom is 0.0362 e. The zero-order valence-corrected chi connectivity index (χ0v) is 10.5. The van der Waals surface area contributed by atoms with Gasteiger partial charge in [0.2, 0.25) is 0 Å². The first-order chi connectivity index (χ1) is 7.25. The second-order valence-electron chi connectivity index (χ2n) is 5.21. The minimum atomic E-state index is -0.578. The molecule has 0 aromatic rings. The zero-order valence-electron chi connectivity index (χ0n) is 9.71. The fraction of sp³-hybridized carbons (Fsp3) is 1.00. The second-order valence-corrected chi connectivity index (χ2v) is 7.04. The average molecular weight is 229 g/mol. The molecule has 3 heteroatoms. The first-order valence-electron chi connectivity index (χ1n) is 6.36. The molecule has 15 heavy (non-hydrogen) atoms. The van der Waals surface area contributed by atoms with Gasteiger partial charge in [-0.2, -0.15) is 0 Å². The third-order valence-electron chi connectivity index (χ3n) is 3.57. The van der Waals surface area contributed by atoms with Crippen LogP contribution in [0.5, 0.6) is 0 Å². The van der Waals surface area contributed by atoms with Crippen LogP contribution in [0.1, 0.15) is 45.4 Å². The molecule has 0 aliphatic heterocycles. The molecule has 3 atom stereocenters. The van der Waals surface area contributed by atoms with Crippen molar-refractivity contribution in [3.05, 3.63) is 0 Å². The van der Waals surface area contributed by atoms with Gasteiger partial charge in [0.1, 0.15) is 0 Å². The summed E-state index contributed by atoms with van der Waals surface area (Å²) in [6.45, 7) is 3.26. The summed E-state index contributed by atoms with van der Waals surface area (Å²) in [7, 11) is -0.578. The van der Waals surface area contributed by atoms with Crippen molar-refractivity contribution in [3.63, 3.8) is 0 Å². The molecule has 0 amide bonds. The van der Waals surface area contributed by atoms with E-state index < -0.39 is 10.8 Å². The van der Waals surface area contributed by atoms with Gasteiger partial charge in [0.05, 0.1) is 0 Å². The van der Waals surface area contributed by atoms with Crippen LogP contribution in [0, 0.1) is 5.92 Å². The molecule has 2 fully saturated rings. The van der Waals surface area contributed by atoms with Crippen molar-refractivity contribution in [1.82, 2.24) is 5.32 Å². The van der Waals surface area contributed by atoms with E-state index in [0.29, 0.717) is 5.25 Å². The van der Waals surface area contributed by atoms with E-state index in [2.05, 4.69) is 12.2 Å². The molecule has 0 aromatic carbocycles. The molecule has 0 bridgehead atoms. The van der Waals surface area contributed by atoms with Crippen LogP contribution in [-0.2, 0) is 10.8 Å². The van der Waals surface area contributed by atoms with E-state index in [4.69, 9.17) is 0 Å². The maximum atomic E-state index is 12.0. The third kappa shape index (κ3) is 3.87. The predicted octanol–water partition coefficient (Wildman–Crippen LogP) is 2.07. The van der Waals surface area contributed by atoms with Gasteiger partial charge in [-0.1, -0.05) is 19.8 Å². The summed E-state index contributed by atoms with van der Waals surface area (Å²) in [4.78, 5) is 0. The molecule has 0 radical (unpaired) electrons. The van der Waals surface area contributed by atoms with Crippen LogP contribution in [-0.4, -0.2) is 27.8 Å². The predicted molar refractivity (Wildman–Crippen MR) is 65.5 cm³/mol. The topological polar surface area (TPSA) is 29.1 Å². The van der Waals surface area contributed by atoms with Crippen LogP contribution in [0.4, 0.5) is 0 Å². The van der Waals surface area contributed by atoms with Gasteiger partial charge in [-0.3, -0.25) is 4.21 Å². The van der Waals surface area contributed by atoms with Gasteiger partial charge < -0.3 is 5.32 Å². The van der Waals surface area contributed by atoms with Crippen molar-refractivity contribution in [2.45, 2.75) is 56.7 Å². The van der Waals surface area contributed by atoms with Gasteiger partial charge in [-0.15, -0.1) is 0 Å². The SMILES string of the molecule is CC1CCCC(S(=O)CCNC2CC2)C1. The van der Waals surface area contributed by atoms with Crippen LogP contribution >= 0.6 is 0 Å². The average Bonchev–Trinajstić information content (AvgIpc) is 3.01. The first kappa shape index (κ1) is 11.6. The van der Waals surface area contributed by atoms with E-state index in [0.717, 1.165) is 24.3 Å². The van der Waals surface area contributed by atoms with Gasteiger partial charge in [-0.25, -0.2) is 0 Å². The molecule has 0 aromatic heterocycles. The summed E-state index contributed by atoms with van der Waals surface area (Å²) in [5.41, 5.74) is 0. The molecule has 2 aliphatic carbocycles. The lowest BCUT2D eigenvalue weighted by Crippen LogP contribution is -2.29. The fourth-order valence-electron chi connectivity index (χ4n) is 2.44. The zero-order chi connectivity index (χ0) is 10.7. The number of nitrogens with one attached hydrogen (secondary N) is 1. The van der Waals surface area contributed by atoms with E-state index >= 15 is 0 Å². The van der Waals surface area contributed by atoms with Gasteiger partial charge in [0.15, 0.2) is 0 Å². The summed E-state index contributed by atoms with van der Waals surface area (Å²) >= 11 is 0. The Morgan fingerprint density at radius 3 is 2.73 bits per heavy atom. The van der Waals surface area contributed by atoms with E-state index in [1.54, 1.807) is 0 Å². The van der Waals surface area contributed by atoms with Crippen LogP contribution in [0.2, 0.25) is 0 Å². The number of hydrogen-bond donors (Lipinski definition) is 1. The maximum absolute atomic E-state index is 12.0. The fourth-order valence-corrected chi connectivity index (χ4v) is 4.06. The highest BCUT2D eigenvalue weighted by Gasteiger charge is 2.24. The molecule has 88 valence electrons.